The Morgan fingerprint density at radius 2 is 2.10 bits per heavy atom. The fraction of sp³-hybridized carbons (Fsp3) is 1.00. The molecular formula is C6H10O4. The van der Waals surface area contributed by atoms with Crippen LogP contribution in [-0.2, 0) is 9.47 Å². The van der Waals surface area contributed by atoms with Gasteiger partial charge in [0.15, 0.2) is 6.29 Å². The van der Waals surface area contributed by atoms with Crippen LogP contribution >= 0.6 is 0 Å². The van der Waals surface area contributed by atoms with Crippen molar-refractivity contribution >= 4 is 0 Å². The van der Waals surface area contributed by atoms with E-state index in [-0.39, 0.29) is 12.2 Å². The summed E-state index contributed by atoms with van der Waals surface area (Å²) in [6.07, 6.45) is -1.20. The largest absolute Gasteiger partial charge is 0.388 e. The standard InChI is InChI=1S/C6H10O4/c7-3-2-9-4-1-5(8)10-6(3)4/h3-8H,1-2H2/t3-,4-,5?,6-/m1/s1. The summed E-state index contributed by atoms with van der Waals surface area (Å²) in [5.41, 5.74) is 0. The highest BCUT2D eigenvalue weighted by molar-refractivity contribution is 4.89. The van der Waals surface area contributed by atoms with Crippen LogP contribution in [0.25, 0.3) is 0 Å². The highest BCUT2D eigenvalue weighted by Crippen LogP contribution is 2.29. The smallest absolute Gasteiger partial charge is 0.157 e. The number of aliphatic hydroxyl groups is 2. The molecule has 0 aromatic heterocycles. The van der Waals surface area contributed by atoms with E-state index in [0.29, 0.717) is 13.0 Å². The van der Waals surface area contributed by atoms with Gasteiger partial charge < -0.3 is 19.7 Å². The number of rotatable bonds is 0. The highest BCUT2D eigenvalue weighted by Gasteiger charge is 2.44. The molecule has 1 unspecified atom stereocenters. The normalized spacial score (nSPS) is 53.4. The Bertz CT molecular complexity index is 138. The fourth-order valence-electron chi connectivity index (χ4n) is 1.48. The molecule has 2 N–H and O–H groups in total. The molecule has 58 valence electrons. The lowest BCUT2D eigenvalue weighted by molar-refractivity contribution is -0.115. The van der Waals surface area contributed by atoms with E-state index in [1.165, 1.54) is 0 Å². The summed E-state index contributed by atoms with van der Waals surface area (Å²) in [5.74, 6) is 0. The van der Waals surface area contributed by atoms with E-state index in [4.69, 9.17) is 19.7 Å². The van der Waals surface area contributed by atoms with Gasteiger partial charge in [0.05, 0.1) is 12.7 Å². The highest BCUT2D eigenvalue weighted by atomic mass is 16.7. The zero-order chi connectivity index (χ0) is 7.14. The average molecular weight is 146 g/mol. The minimum Gasteiger partial charge on any atom is -0.388 e. The second kappa shape index (κ2) is 2.17. The summed E-state index contributed by atoms with van der Waals surface area (Å²) < 4.78 is 10.1. The van der Waals surface area contributed by atoms with E-state index in [2.05, 4.69) is 0 Å². The SMILES string of the molecule is OC1C[C@H]2OC[C@@H](O)[C@H]2O1. The molecule has 0 amide bonds. The Morgan fingerprint density at radius 3 is 2.80 bits per heavy atom. The van der Waals surface area contributed by atoms with E-state index in [1.807, 2.05) is 0 Å². The van der Waals surface area contributed by atoms with Gasteiger partial charge >= 0.3 is 0 Å². The van der Waals surface area contributed by atoms with Crippen LogP contribution in [0.1, 0.15) is 6.42 Å². The van der Waals surface area contributed by atoms with Gasteiger partial charge in [-0.2, -0.15) is 0 Å². The van der Waals surface area contributed by atoms with E-state index in [0.717, 1.165) is 0 Å². The first-order valence-electron chi connectivity index (χ1n) is 3.40. The van der Waals surface area contributed by atoms with Gasteiger partial charge in [0.2, 0.25) is 0 Å². The zero-order valence-electron chi connectivity index (χ0n) is 5.43. The molecule has 0 radical (unpaired) electrons. The molecule has 4 nitrogen and oxygen atoms in total. The molecular weight excluding hydrogens is 136 g/mol. The first kappa shape index (κ1) is 6.54. The summed E-state index contributed by atoms with van der Waals surface area (Å²) in [5, 5.41) is 18.1. The van der Waals surface area contributed by atoms with Crippen LogP contribution in [-0.4, -0.2) is 41.4 Å². The molecule has 0 aromatic carbocycles. The van der Waals surface area contributed by atoms with Crippen molar-refractivity contribution in [3.8, 4) is 0 Å². The third-order valence-electron chi connectivity index (χ3n) is 1.97. The number of aliphatic hydroxyl groups excluding tert-OH is 2. The molecule has 2 fully saturated rings. The van der Waals surface area contributed by atoms with Crippen molar-refractivity contribution in [3.63, 3.8) is 0 Å². The summed E-state index contributed by atoms with van der Waals surface area (Å²) in [4.78, 5) is 0. The molecule has 2 heterocycles. The van der Waals surface area contributed by atoms with E-state index < -0.39 is 12.4 Å². The van der Waals surface area contributed by atoms with Crippen LogP contribution in [0.2, 0.25) is 0 Å². The van der Waals surface area contributed by atoms with Gasteiger partial charge in [-0.1, -0.05) is 0 Å². The van der Waals surface area contributed by atoms with Crippen molar-refractivity contribution in [1.82, 2.24) is 0 Å². The Labute approximate surface area is 58.4 Å². The van der Waals surface area contributed by atoms with Gasteiger partial charge in [-0.3, -0.25) is 0 Å². The van der Waals surface area contributed by atoms with Gasteiger partial charge in [0.1, 0.15) is 12.2 Å². The fourth-order valence-corrected chi connectivity index (χ4v) is 1.48. The van der Waals surface area contributed by atoms with Crippen LogP contribution < -0.4 is 0 Å². The Hall–Kier alpha value is -0.160. The lowest BCUT2D eigenvalue weighted by Gasteiger charge is -2.09. The van der Waals surface area contributed by atoms with Crippen molar-refractivity contribution in [2.24, 2.45) is 0 Å². The van der Waals surface area contributed by atoms with Gasteiger partial charge in [-0.25, -0.2) is 0 Å². The lowest BCUT2D eigenvalue weighted by Crippen LogP contribution is -2.27. The second-order valence-electron chi connectivity index (χ2n) is 2.73. The third-order valence-corrected chi connectivity index (χ3v) is 1.97. The molecule has 0 aromatic rings. The molecule has 4 heteroatoms. The van der Waals surface area contributed by atoms with Crippen LogP contribution in [0, 0.1) is 0 Å². The third kappa shape index (κ3) is 0.845. The van der Waals surface area contributed by atoms with E-state index >= 15 is 0 Å². The van der Waals surface area contributed by atoms with Crippen molar-refractivity contribution < 1.29 is 19.7 Å². The van der Waals surface area contributed by atoms with Crippen molar-refractivity contribution in [2.45, 2.75) is 31.0 Å². The number of ether oxygens (including phenoxy) is 2. The molecule has 2 saturated heterocycles. The predicted molar refractivity (Wildman–Crippen MR) is 31.2 cm³/mol. The molecule has 0 bridgehead atoms. The number of hydrogen-bond acceptors (Lipinski definition) is 4. The van der Waals surface area contributed by atoms with Crippen molar-refractivity contribution in [2.75, 3.05) is 6.61 Å². The van der Waals surface area contributed by atoms with Crippen LogP contribution in [0.5, 0.6) is 0 Å². The van der Waals surface area contributed by atoms with Gasteiger partial charge in [0.25, 0.3) is 0 Å². The Morgan fingerprint density at radius 1 is 1.30 bits per heavy atom. The second-order valence-corrected chi connectivity index (χ2v) is 2.73. The lowest BCUT2D eigenvalue weighted by atomic mass is 10.1. The molecule has 0 spiro atoms. The summed E-state index contributed by atoms with van der Waals surface area (Å²) >= 11 is 0. The number of fused-ring (bicyclic) bond motifs is 1. The minimum absolute atomic E-state index is 0.0926. The minimum atomic E-state index is -0.745. The van der Waals surface area contributed by atoms with Crippen LogP contribution in [0.4, 0.5) is 0 Å². The maximum atomic E-state index is 9.16. The van der Waals surface area contributed by atoms with Gasteiger partial charge in [-0.15, -0.1) is 0 Å². The topological polar surface area (TPSA) is 58.9 Å². The monoisotopic (exact) mass is 146 g/mol. The molecule has 10 heavy (non-hydrogen) atoms. The van der Waals surface area contributed by atoms with Crippen molar-refractivity contribution in [3.05, 3.63) is 0 Å². The molecule has 0 saturated carbocycles. The molecule has 2 rings (SSSR count). The van der Waals surface area contributed by atoms with Crippen LogP contribution in [0.3, 0.4) is 0 Å². The first-order valence-corrected chi connectivity index (χ1v) is 3.40. The molecule has 2 aliphatic rings. The van der Waals surface area contributed by atoms with Gasteiger partial charge in [-0.05, 0) is 0 Å². The maximum Gasteiger partial charge on any atom is 0.157 e. The Kier molecular flexibility index (Phi) is 1.42. The van der Waals surface area contributed by atoms with Gasteiger partial charge in [0, 0.05) is 6.42 Å². The predicted octanol–water partition coefficient (Wildman–Crippen LogP) is -1.15. The summed E-state index contributed by atoms with van der Waals surface area (Å²) in [6, 6.07) is 0. The first-order chi connectivity index (χ1) is 4.77. The Balaban J connectivity index is 2.05. The quantitative estimate of drug-likeness (QED) is 0.453. The molecule has 0 aliphatic carbocycles. The van der Waals surface area contributed by atoms with Crippen molar-refractivity contribution in [1.29, 1.82) is 0 Å². The number of hydrogen-bond donors (Lipinski definition) is 2. The average Bonchev–Trinajstić information content (AvgIpc) is 2.35. The molecule has 4 atom stereocenters. The van der Waals surface area contributed by atoms with E-state index in [1.54, 1.807) is 0 Å². The zero-order valence-corrected chi connectivity index (χ0v) is 5.43. The van der Waals surface area contributed by atoms with Crippen LogP contribution in [0.15, 0.2) is 0 Å². The summed E-state index contributed by atoms with van der Waals surface area (Å²) in [6.45, 7) is 0.335. The maximum absolute atomic E-state index is 9.16. The van der Waals surface area contributed by atoms with E-state index in [9.17, 15) is 0 Å². The summed E-state index contributed by atoms with van der Waals surface area (Å²) in [7, 11) is 0. The molecule has 2 aliphatic heterocycles.